The Morgan fingerprint density at radius 1 is 1.00 bits per heavy atom. The lowest BCUT2D eigenvalue weighted by Crippen LogP contribution is -2.50. The van der Waals surface area contributed by atoms with E-state index < -0.39 is 39.3 Å². The molecular formula is C26H28N4O7S. The van der Waals surface area contributed by atoms with Crippen LogP contribution in [0, 0.1) is 10.1 Å². The molecule has 38 heavy (non-hydrogen) atoms. The quantitative estimate of drug-likeness (QED) is 0.291. The van der Waals surface area contributed by atoms with Gasteiger partial charge in [0.15, 0.2) is 0 Å². The zero-order chi connectivity index (χ0) is 27.9. The van der Waals surface area contributed by atoms with Gasteiger partial charge in [0.25, 0.3) is 15.7 Å². The number of anilines is 1. The molecule has 11 nitrogen and oxygen atoms in total. The first-order valence-electron chi connectivity index (χ1n) is 11.5. The highest BCUT2D eigenvalue weighted by molar-refractivity contribution is 7.92. The zero-order valence-electron chi connectivity index (χ0n) is 21.1. The number of sulfonamides is 1. The van der Waals surface area contributed by atoms with Crippen molar-refractivity contribution in [3.05, 3.63) is 94.5 Å². The second kappa shape index (κ2) is 12.2. The molecule has 3 rings (SSSR count). The number of carbonyl (C=O) groups is 2. The van der Waals surface area contributed by atoms with Gasteiger partial charge in [-0.1, -0.05) is 30.3 Å². The second-order valence-electron chi connectivity index (χ2n) is 8.26. The summed E-state index contributed by atoms with van der Waals surface area (Å²) in [6, 6.07) is 18.4. The number of hydrogen-bond donors (Lipinski definition) is 1. The number of carbonyl (C=O) groups excluding carboxylic acids is 2. The number of likely N-dealkylation sites (N-methyl/N-ethyl adjacent to an activating group) is 1. The molecule has 200 valence electrons. The number of nitro groups is 1. The van der Waals surface area contributed by atoms with E-state index in [1.54, 1.807) is 49.4 Å². The monoisotopic (exact) mass is 540 g/mol. The van der Waals surface area contributed by atoms with Crippen molar-refractivity contribution in [3.8, 4) is 5.75 Å². The Kier molecular flexibility index (Phi) is 9.02. The van der Waals surface area contributed by atoms with E-state index in [9.17, 15) is 28.1 Å². The second-order valence-corrected chi connectivity index (χ2v) is 10.1. The lowest BCUT2D eigenvalue weighted by molar-refractivity contribution is -0.384. The van der Waals surface area contributed by atoms with Crippen LogP contribution in [0.2, 0.25) is 0 Å². The van der Waals surface area contributed by atoms with E-state index in [0.29, 0.717) is 11.3 Å². The van der Waals surface area contributed by atoms with Crippen LogP contribution < -0.4 is 14.4 Å². The number of nitrogens with one attached hydrogen (secondary N) is 1. The minimum Gasteiger partial charge on any atom is -0.497 e. The predicted octanol–water partition coefficient (Wildman–Crippen LogP) is 2.96. The first kappa shape index (κ1) is 28.1. The molecule has 3 aromatic rings. The van der Waals surface area contributed by atoms with E-state index in [-0.39, 0.29) is 22.8 Å². The summed E-state index contributed by atoms with van der Waals surface area (Å²) < 4.78 is 33.3. The smallest absolute Gasteiger partial charge is 0.269 e. The Hall–Kier alpha value is -4.45. The number of ether oxygens (including phenoxy) is 1. The Morgan fingerprint density at radius 2 is 1.61 bits per heavy atom. The van der Waals surface area contributed by atoms with Gasteiger partial charge >= 0.3 is 0 Å². The summed E-state index contributed by atoms with van der Waals surface area (Å²) in [5.74, 6) is -0.460. The fourth-order valence-electron chi connectivity index (χ4n) is 3.71. The van der Waals surface area contributed by atoms with Crippen LogP contribution in [-0.2, 0) is 26.2 Å². The van der Waals surface area contributed by atoms with Gasteiger partial charge in [0.1, 0.15) is 18.3 Å². The number of hydrogen-bond acceptors (Lipinski definition) is 7. The van der Waals surface area contributed by atoms with Gasteiger partial charge in [-0.05, 0) is 48.9 Å². The van der Waals surface area contributed by atoms with Crippen LogP contribution in [0.3, 0.4) is 0 Å². The minimum absolute atomic E-state index is 0.0247. The van der Waals surface area contributed by atoms with Gasteiger partial charge in [-0.2, -0.15) is 0 Å². The van der Waals surface area contributed by atoms with Gasteiger partial charge in [0, 0.05) is 25.7 Å². The summed E-state index contributed by atoms with van der Waals surface area (Å²) in [5, 5.41) is 13.6. The lowest BCUT2D eigenvalue weighted by atomic mass is 10.1. The average Bonchev–Trinajstić information content (AvgIpc) is 2.94. The molecule has 0 spiro atoms. The standard InChI is InChI=1S/C26H28N4O7S/c1-19(26(32)27-2)28(17-20-9-15-23(37-3)16-10-20)25(31)18-29(21-11-13-22(14-12-21)30(33)34)38(35,36)24-7-5-4-6-8-24/h4-16,19H,17-18H2,1-3H3,(H,27,32)/t19-/m1/s1. The van der Waals surface area contributed by atoms with E-state index in [2.05, 4.69) is 5.32 Å². The van der Waals surface area contributed by atoms with Gasteiger partial charge in [-0.15, -0.1) is 0 Å². The number of methoxy groups -OCH3 is 1. The number of benzene rings is 3. The number of nitrogens with zero attached hydrogens (tertiary/aromatic N) is 3. The molecule has 0 aliphatic heterocycles. The van der Waals surface area contributed by atoms with Crippen molar-refractivity contribution in [2.24, 2.45) is 0 Å². The van der Waals surface area contributed by atoms with E-state index in [4.69, 9.17) is 4.74 Å². The van der Waals surface area contributed by atoms with Gasteiger partial charge in [0.2, 0.25) is 11.8 Å². The maximum absolute atomic E-state index is 13.7. The Labute approximate surface area is 220 Å². The lowest BCUT2D eigenvalue weighted by Gasteiger charge is -2.31. The van der Waals surface area contributed by atoms with Crippen molar-refractivity contribution in [3.63, 3.8) is 0 Å². The molecule has 1 atom stereocenters. The minimum atomic E-state index is -4.25. The molecule has 0 aromatic heterocycles. The summed E-state index contributed by atoms with van der Waals surface area (Å²) in [5.41, 5.74) is 0.527. The fraction of sp³-hybridized carbons (Fsp3) is 0.231. The van der Waals surface area contributed by atoms with Crippen LogP contribution in [-0.4, -0.2) is 56.8 Å². The highest BCUT2D eigenvalue weighted by atomic mass is 32.2. The van der Waals surface area contributed by atoms with E-state index in [1.165, 1.54) is 43.3 Å². The number of amides is 2. The maximum Gasteiger partial charge on any atom is 0.269 e. The van der Waals surface area contributed by atoms with Crippen molar-refractivity contribution < 1.29 is 27.7 Å². The van der Waals surface area contributed by atoms with Crippen LogP contribution in [0.25, 0.3) is 0 Å². The molecule has 0 heterocycles. The van der Waals surface area contributed by atoms with Gasteiger partial charge in [-0.3, -0.25) is 24.0 Å². The van der Waals surface area contributed by atoms with Gasteiger partial charge in [-0.25, -0.2) is 8.42 Å². The summed E-state index contributed by atoms with van der Waals surface area (Å²) in [6.07, 6.45) is 0. The molecule has 2 amide bonds. The average molecular weight is 541 g/mol. The summed E-state index contributed by atoms with van der Waals surface area (Å²) in [6.45, 7) is 0.922. The van der Waals surface area contributed by atoms with Crippen LogP contribution in [0.5, 0.6) is 5.75 Å². The van der Waals surface area contributed by atoms with Crippen molar-refractivity contribution in [2.75, 3.05) is 25.0 Å². The Morgan fingerprint density at radius 3 is 2.13 bits per heavy atom. The first-order chi connectivity index (χ1) is 18.1. The van der Waals surface area contributed by atoms with Crippen molar-refractivity contribution in [1.29, 1.82) is 0 Å². The van der Waals surface area contributed by atoms with E-state index in [1.807, 2.05) is 0 Å². The van der Waals surface area contributed by atoms with Gasteiger partial charge in [0.05, 0.1) is 22.6 Å². The van der Waals surface area contributed by atoms with Crippen LogP contribution >= 0.6 is 0 Å². The van der Waals surface area contributed by atoms with Crippen molar-refractivity contribution in [2.45, 2.75) is 24.4 Å². The maximum atomic E-state index is 13.7. The zero-order valence-corrected chi connectivity index (χ0v) is 21.9. The highest BCUT2D eigenvalue weighted by Gasteiger charge is 2.32. The molecule has 0 bridgehead atoms. The molecule has 0 unspecified atom stereocenters. The van der Waals surface area contributed by atoms with Crippen LogP contribution in [0.1, 0.15) is 12.5 Å². The van der Waals surface area contributed by atoms with Crippen LogP contribution in [0.15, 0.2) is 83.8 Å². The molecule has 1 N–H and O–H groups in total. The molecule has 0 saturated carbocycles. The largest absolute Gasteiger partial charge is 0.497 e. The van der Waals surface area contributed by atoms with Gasteiger partial charge < -0.3 is 15.0 Å². The molecule has 0 saturated heterocycles. The highest BCUT2D eigenvalue weighted by Crippen LogP contribution is 2.26. The number of non-ortho nitro benzene ring substituents is 1. The number of nitro benzene ring substituents is 1. The summed E-state index contributed by atoms with van der Waals surface area (Å²) >= 11 is 0. The topological polar surface area (TPSA) is 139 Å². The molecule has 0 aliphatic carbocycles. The molecule has 0 aliphatic rings. The predicted molar refractivity (Wildman–Crippen MR) is 141 cm³/mol. The van der Waals surface area contributed by atoms with E-state index >= 15 is 0 Å². The van der Waals surface area contributed by atoms with Crippen molar-refractivity contribution in [1.82, 2.24) is 10.2 Å². The van der Waals surface area contributed by atoms with Crippen LogP contribution in [0.4, 0.5) is 11.4 Å². The third-order valence-corrected chi connectivity index (χ3v) is 7.67. The molecule has 3 aromatic carbocycles. The summed E-state index contributed by atoms with van der Waals surface area (Å²) in [7, 11) is -1.28. The summed E-state index contributed by atoms with van der Waals surface area (Å²) in [4.78, 5) is 37.9. The Balaban J connectivity index is 2.02. The molecular weight excluding hydrogens is 512 g/mol. The normalized spacial score (nSPS) is 11.8. The number of rotatable bonds is 11. The van der Waals surface area contributed by atoms with Crippen molar-refractivity contribution >= 4 is 33.2 Å². The van der Waals surface area contributed by atoms with E-state index in [0.717, 1.165) is 16.4 Å². The Bertz CT molecular complexity index is 1380. The SMILES string of the molecule is CNC(=O)[C@@H](C)N(Cc1ccc(OC)cc1)C(=O)CN(c1ccc([N+](=O)[O-])cc1)S(=O)(=O)c1ccccc1. The third kappa shape index (κ3) is 6.45. The molecule has 0 fully saturated rings. The fourth-order valence-corrected chi connectivity index (χ4v) is 5.14. The molecule has 0 radical (unpaired) electrons. The first-order valence-corrected chi connectivity index (χ1v) is 13.0. The molecule has 12 heteroatoms. The third-order valence-electron chi connectivity index (χ3n) is 5.88.